The summed E-state index contributed by atoms with van der Waals surface area (Å²) in [6, 6.07) is 4.75. The van der Waals surface area contributed by atoms with E-state index >= 15 is 0 Å². The Morgan fingerprint density at radius 1 is 1.28 bits per heavy atom. The summed E-state index contributed by atoms with van der Waals surface area (Å²) in [6.07, 6.45) is 1.83. The molecule has 0 aliphatic rings. The molecular weight excluding hydrogens is 252 g/mol. The van der Waals surface area contributed by atoms with Gasteiger partial charge in [-0.2, -0.15) is 8.42 Å². The summed E-state index contributed by atoms with van der Waals surface area (Å²) < 4.78 is 36.3. The Kier molecular flexibility index (Phi) is 4.40. The van der Waals surface area contributed by atoms with E-state index in [1.54, 1.807) is 12.1 Å². The summed E-state index contributed by atoms with van der Waals surface area (Å²) in [6.45, 7) is 6.45. The second-order valence-corrected chi connectivity index (χ2v) is 6.91. The smallest absolute Gasteiger partial charge is 0.298 e. The Labute approximate surface area is 109 Å². The molecule has 0 amide bonds. The van der Waals surface area contributed by atoms with Gasteiger partial charge in [-0.3, -0.25) is 4.55 Å². The van der Waals surface area contributed by atoms with Gasteiger partial charge in [0.25, 0.3) is 10.1 Å². The fourth-order valence-corrected chi connectivity index (χ4v) is 2.24. The molecule has 1 rings (SSSR count). The summed E-state index contributed by atoms with van der Waals surface area (Å²) in [4.78, 5) is -0.190. The fourth-order valence-electron chi connectivity index (χ4n) is 1.60. The molecule has 0 saturated carbocycles. The van der Waals surface area contributed by atoms with E-state index < -0.39 is 10.1 Å². The summed E-state index contributed by atoms with van der Waals surface area (Å²) in [5.41, 5.74) is 1.21. The predicted octanol–water partition coefficient (Wildman–Crippen LogP) is 2.92. The van der Waals surface area contributed by atoms with Crippen LogP contribution in [0.3, 0.4) is 0 Å². The third-order valence-corrected chi connectivity index (χ3v) is 3.56. The molecule has 0 spiro atoms. The minimum absolute atomic E-state index is 0.184. The van der Waals surface area contributed by atoms with Crippen LogP contribution in [0.25, 0.3) is 0 Å². The first-order valence-electron chi connectivity index (χ1n) is 5.78. The van der Waals surface area contributed by atoms with E-state index in [4.69, 9.17) is 9.29 Å². The van der Waals surface area contributed by atoms with E-state index in [-0.39, 0.29) is 16.1 Å². The first-order chi connectivity index (χ1) is 8.13. The lowest BCUT2D eigenvalue weighted by molar-refractivity contribution is 0.375. The third-order valence-electron chi connectivity index (χ3n) is 2.67. The van der Waals surface area contributed by atoms with Crippen LogP contribution in [0.5, 0.6) is 5.75 Å². The highest BCUT2D eigenvalue weighted by Crippen LogP contribution is 2.27. The van der Waals surface area contributed by atoms with E-state index in [1.165, 1.54) is 13.2 Å². The van der Waals surface area contributed by atoms with Gasteiger partial charge in [-0.05, 0) is 36.0 Å². The topological polar surface area (TPSA) is 63.6 Å². The SMILES string of the molecule is COc1cc(CCC(C)(C)C)ccc1S(=O)(=O)O. The Bertz CT molecular complexity index is 512. The molecule has 0 radical (unpaired) electrons. The van der Waals surface area contributed by atoms with Crippen molar-refractivity contribution in [2.75, 3.05) is 7.11 Å². The summed E-state index contributed by atoms with van der Waals surface area (Å²) in [5, 5.41) is 0. The average molecular weight is 272 g/mol. The second kappa shape index (κ2) is 5.28. The normalized spacial score (nSPS) is 12.5. The molecule has 0 saturated heterocycles. The average Bonchev–Trinajstić information content (AvgIpc) is 2.23. The number of aryl methyl sites for hydroxylation is 1. The number of hydrogen-bond acceptors (Lipinski definition) is 3. The number of benzene rings is 1. The molecular formula is C13H20O4S. The molecule has 0 fully saturated rings. The van der Waals surface area contributed by atoms with Crippen molar-refractivity contribution in [3.8, 4) is 5.75 Å². The molecule has 0 aromatic heterocycles. The zero-order valence-corrected chi connectivity index (χ0v) is 12.0. The minimum atomic E-state index is -4.23. The molecule has 102 valence electrons. The van der Waals surface area contributed by atoms with E-state index in [1.807, 2.05) is 0 Å². The van der Waals surface area contributed by atoms with Crippen LogP contribution in [0.15, 0.2) is 23.1 Å². The van der Waals surface area contributed by atoms with Gasteiger partial charge in [0, 0.05) is 0 Å². The van der Waals surface area contributed by atoms with Crippen LogP contribution >= 0.6 is 0 Å². The molecule has 1 aromatic rings. The van der Waals surface area contributed by atoms with E-state index in [0.29, 0.717) is 0 Å². The van der Waals surface area contributed by atoms with E-state index in [9.17, 15) is 8.42 Å². The minimum Gasteiger partial charge on any atom is -0.495 e. The van der Waals surface area contributed by atoms with Gasteiger partial charge in [0.1, 0.15) is 10.6 Å². The first kappa shape index (κ1) is 15.0. The predicted molar refractivity (Wildman–Crippen MR) is 70.6 cm³/mol. The van der Waals surface area contributed by atoms with Crippen LogP contribution in [0.2, 0.25) is 0 Å². The van der Waals surface area contributed by atoms with Crippen molar-refractivity contribution >= 4 is 10.1 Å². The maximum absolute atomic E-state index is 11.1. The van der Waals surface area contributed by atoms with Crippen LogP contribution in [-0.4, -0.2) is 20.1 Å². The van der Waals surface area contributed by atoms with Crippen LogP contribution in [0.4, 0.5) is 0 Å². The molecule has 0 aliphatic heterocycles. The van der Waals surface area contributed by atoms with Crippen molar-refractivity contribution in [2.45, 2.75) is 38.5 Å². The Morgan fingerprint density at radius 2 is 1.89 bits per heavy atom. The van der Waals surface area contributed by atoms with Gasteiger partial charge < -0.3 is 4.74 Å². The van der Waals surface area contributed by atoms with Crippen molar-refractivity contribution in [3.63, 3.8) is 0 Å². The van der Waals surface area contributed by atoms with Crippen molar-refractivity contribution in [1.82, 2.24) is 0 Å². The number of hydrogen-bond donors (Lipinski definition) is 1. The van der Waals surface area contributed by atoms with Crippen molar-refractivity contribution in [2.24, 2.45) is 5.41 Å². The van der Waals surface area contributed by atoms with Crippen LogP contribution < -0.4 is 4.74 Å². The maximum atomic E-state index is 11.1. The highest BCUT2D eigenvalue weighted by Gasteiger charge is 2.17. The van der Waals surface area contributed by atoms with E-state index in [0.717, 1.165) is 18.4 Å². The summed E-state index contributed by atoms with van der Waals surface area (Å²) in [5.74, 6) is 0.184. The highest BCUT2D eigenvalue weighted by atomic mass is 32.2. The van der Waals surface area contributed by atoms with Crippen LogP contribution in [0.1, 0.15) is 32.8 Å². The van der Waals surface area contributed by atoms with Crippen LogP contribution in [-0.2, 0) is 16.5 Å². The summed E-state index contributed by atoms with van der Waals surface area (Å²) in [7, 11) is -2.84. The van der Waals surface area contributed by atoms with Gasteiger partial charge >= 0.3 is 0 Å². The van der Waals surface area contributed by atoms with Gasteiger partial charge in [0.05, 0.1) is 7.11 Å². The summed E-state index contributed by atoms with van der Waals surface area (Å²) >= 11 is 0. The van der Waals surface area contributed by atoms with Gasteiger partial charge in [0.2, 0.25) is 0 Å². The molecule has 18 heavy (non-hydrogen) atoms. The van der Waals surface area contributed by atoms with Crippen molar-refractivity contribution < 1.29 is 17.7 Å². The molecule has 4 nitrogen and oxygen atoms in total. The Morgan fingerprint density at radius 3 is 2.33 bits per heavy atom. The molecule has 0 unspecified atom stereocenters. The maximum Gasteiger partial charge on any atom is 0.298 e. The monoisotopic (exact) mass is 272 g/mol. The number of methoxy groups -OCH3 is 1. The first-order valence-corrected chi connectivity index (χ1v) is 7.22. The lowest BCUT2D eigenvalue weighted by Gasteiger charge is -2.18. The highest BCUT2D eigenvalue weighted by molar-refractivity contribution is 7.86. The van der Waals surface area contributed by atoms with Crippen molar-refractivity contribution in [3.05, 3.63) is 23.8 Å². The fraction of sp³-hybridized carbons (Fsp3) is 0.538. The van der Waals surface area contributed by atoms with Gasteiger partial charge in [-0.25, -0.2) is 0 Å². The Hall–Kier alpha value is -1.07. The largest absolute Gasteiger partial charge is 0.495 e. The molecule has 0 atom stereocenters. The van der Waals surface area contributed by atoms with Gasteiger partial charge in [-0.15, -0.1) is 0 Å². The zero-order valence-electron chi connectivity index (χ0n) is 11.2. The molecule has 0 aliphatic carbocycles. The van der Waals surface area contributed by atoms with Gasteiger partial charge in [-0.1, -0.05) is 26.8 Å². The third kappa shape index (κ3) is 4.31. The zero-order chi connectivity index (χ0) is 14.0. The van der Waals surface area contributed by atoms with Gasteiger partial charge in [0.15, 0.2) is 0 Å². The second-order valence-electron chi connectivity index (χ2n) is 5.52. The number of ether oxygens (including phenoxy) is 1. The molecule has 5 heteroatoms. The van der Waals surface area contributed by atoms with Crippen LogP contribution in [0, 0.1) is 5.41 Å². The Balaban J connectivity index is 3.00. The molecule has 0 heterocycles. The lowest BCUT2D eigenvalue weighted by atomic mass is 9.89. The standard InChI is InChI=1S/C13H20O4S/c1-13(2,3)8-7-10-5-6-12(18(14,15)16)11(9-10)17-4/h5-6,9H,7-8H2,1-4H3,(H,14,15,16). The molecule has 1 N–H and O–H groups in total. The molecule has 0 bridgehead atoms. The number of rotatable bonds is 4. The van der Waals surface area contributed by atoms with E-state index in [2.05, 4.69) is 20.8 Å². The van der Waals surface area contributed by atoms with Crippen molar-refractivity contribution in [1.29, 1.82) is 0 Å². The lowest BCUT2D eigenvalue weighted by Crippen LogP contribution is -2.07. The molecule has 1 aromatic carbocycles. The quantitative estimate of drug-likeness (QED) is 0.856.